The highest BCUT2D eigenvalue weighted by Gasteiger charge is 2.23. The van der Waals surface area contributed by atoms with Gasteiger partial charge < -0.3 is 11.1 Å². The molecule has 0 fully saturated rings. The minimum atomic E-state index is -0.621. The average molecular weight is 182 g/mol. The summed E-state index contributed by atoms with van der Waals surface area (Å²) in [5.74, 6) is 2.40. The smallest absolute Gasteiger partial charge is 0.238 e. The number of hydrogen-bond acceptors (Lipinski definition) is 2. The lowest BCUT2D eigenvalue weighted by Gasteiger charge is -2.23. The fourth-order valence-corrected chi connectivity index (χ4v) is 0.730. The maximum atomic E-state index is 11.4. The first-order valence-corrected chi connectivity index (χ1v) is 4.35. The maximum Gasteiger partial charge on any atom is 0.238 e. The third kappa shape index (κ3) is 3.95. The quantitative estimate of drug-likeness (QED) is 0.624. The molecule has 0 saturated heterocycles. The van der Waals surface area contributed by atoms with Gasteiger partial charge in [0.2, 0.25) is 5.91 Å². The molecule has 0 aliphatic carbocycles. The van der Waals surface area contributed by atoms with Crippen molar-refractivity contribution in [2.24, 2.45) is 11.7 Å². The molecule has 1 atom stereocenters. The van der Waals surface area contributed by atoms with Crippen LogP contribution in [0.2, 0.25) is 0 Å². The molecule has 0 aliphatic heterocycles. The summed E-state index contributed by atoms with van der Waals surface area (Å²) in [6.07, 6.45) is 5.23. The van der Waals surface area contributed by atoms with Gasteiger partial charge in [0, 0.05) is 0 Å². The van der Waals surface area contributed by atoms with E-state index in [1.165, 1.54) is 0 Å². The Hall–Kier alpha value is -1.01. The van der Waals surface area contributed by atoms with E-state index in [0.717, 1.165) is 0 Å². The second-order valence-corrected chi connectivity index (χ2v) is 4.03. The zero-order valence-corrected chi connectivity index (χ0v) is 8.72. The lowest BCUT2D eigenvalue weighted by atomic mass is 10.0. The van der Waals surface area contributed by atoms with Gasteiger partial charge in [-0.05, 0) is 19.8 Å². The van der Waals surface area contributed by atoms with Gasteiger partial charge in [-0.2, -0.15) is 0 Å². The van der Waals surface area contributed by atoms with Crippen molar-refractivity contribution in [2.75, 3.05) is 0 Å². The molecule has 0 saturated carbocycles. The molecule has 3 heteroatoms. The number of hydrogen-bond donors (Lipinski definition) is 2. The van der Waals surface area contributed by atoms with Gasteiger partial charge >= 0.3 is 0 Å². The predicted molar refractivity (Wildman–Crippen MR) is 53.9 cm³/mol. The van der Waals surface area contributed by atoms with E-state index in [4.69, 9.17) is 12.2 Å². The molecule has 0 aromatic rings. The predicted octanol–water partition coefficient (Wildman–Crippen LogP) is 0.498. The third-order valence-corrected chi connectivity index (χ3v) is 1.82. The molecule has 0 aromatic heterocycles. The normalized spacial score (nSPS) is 13.6. The Labute approximate surface area is 80.1 Å². The highest BCUT2D eigenvalue weighted by Crippen LogP contribution is 2.03. The molecular weight excluding hydrogens is 164 g/mol. The molecule has 3 N–H and O–H groups in total. The van der Waals surface area contributed by atoms with Gasteiger partial charge in [-0.15, -0.1) is 6.42 Å². The van der Waals surface area contributed by atoms with Crippen LogP contribution in [-0.4, -0.2) is 17.5 Å². The molecule has 0 bridgehead atoms. The fourth-order valence-electron chi connectivity index (χ4n) is 0.730. The monoisotopic (exact) mass is 182 g/mol. The summed E-state index contributed by atoms with van der Waals surface area (Å²) in [4.78, 5) is 11.4. The van der Waals surface area contributed by atoms with Crippen LogP contribution in [0.1, 0.15) is 27.7 Å². The number of rotatable bonds is 3. The molecule has 0 rings (SSSR count). The van der Waals surface area contributed by atoms with Crippen molar-refractivity contribution < 1.29 is 4.79 Å². The third-order valence-electron chi connectivity index (χ3n) is 1.82. The standard InChI is InChI=1S/C10H18N2O/c1-6-10(4,5)12-9(13)8(11)7(2)3/h1,7-8H,11H2,2-5H3,(H,12,13)/t8-/m1/s1. The molecule has 0 radical (unpaired) electrons. The van der Waals surface area contributed by atoms with E-state index >= 15 is 0 Å². The number of terminal acetylenes is 1. The molecule has 13 heavy (non-hydrogen) atoms. The summed E-state index contributed by atoms with van der Waals surface area (Å²) >= 11 is 0. The lowest BCUT2D eigenvalue weighted by Crippen LogP contribution is -2.51. The molecule has 0 spiro atoms. The zero-order valence-electron chi connectivity index (χ0n) is 8.72. The van der Waals surface area contributed by atoms with Crippen LogP contribution in [0.3, 0.4) is 0 Å². The van der Waals surface area contributed by atoms with E-state index in [0.29, 0.717) is 0 Å². The Morgan fingerprint density at radius 2 is 2.00 bits per heavy atom. The van der Waals surface area contributed by atoms with Crippen LogP contribution >= 0.6 is 0 Å². The Kier molecular flexibility index (Phi) is 3.96. The van der Waals surface area contributed by atoms with E-state index in [2.05, 4.69) is 11.2 Å². The first kappa shape index (κ1) is 12.0. The largest absolute Gasteiger partial charge is 0.339 e. The SMILES string of the molecule is C#CC(C)(C)NC(=O)[C@H](N)C(C)C. The highest BCUT2D eigenvalue weighted by molar-refractivity contribution is 5.82. The number of amides is 1. The molecule has 3 nitrogen and oxygen atoms in total. The summed E-state index contributed by atoms with van der Waals surface area (Å²) in [5, 5.41) is 2.69. The molecule has 0 unspecified atom stereocenters. The first-order chi connectivity index (χ1) is 5.80. The van der Waals surface area contributed by atoms with Gasteiger partial charge in [0.25, 0.3) is 0 Å². The van der Waals surface area contributed by atoms with Crippen molar-refractivity contribution in [1.82, 2.24) is 5.32 Å². The summed E-state index contributed by atoms with van der Waals surface area (Å²) in [6.45, 7) is 7.32. The summed E-state index contributed by atoms with van der Waals surface area (Å²) in [7, 11) is 0. The number of nitrogens with one attached hydrogen (secondary N) is 1. The van der Waals surface area contributed by atoms with Gasteiger partial charge in [-0.1, -0.05) is 19.8 Å². The second kappa shape index (κ2) is 4.29. The Morgan fingerprint density at radius 3 is 2.31 bits per heavy atom. The summed E-state index contributed by atoms with van der Waals surface area (Å²) in [5.41, 5.74) is 5.02. The van der Waals surface area contributed by atoms with E-state index in [-0.39, 0.29) is 11.8 Å². The second-order valence-electron chi connectivity index (χ2n) is 4.03. The Morgan fingerprint density at radius 1 is 1.54 bits per heavy atom. The van der Waals surface area contributed by atoms with Crippen molar-refractivity contribution in [2.45, 2.75) is 39.3 Å². The van der Waals surface area contributed by atoms with Crippen LogP contribution < -0.4 is 11.1 Å². The minimum absolute atomic E-state index is 0.119. The van der Waals surface area contributed by atoms with Crippen LogP contribution in [-0.2, 0) is 4.79 Å². The number of nitrogens with two attached hydrogens (primary N) is 1. The maximum absolute atomic E-state index is 11.4. The van der Waals surface area contributed by atoms with Crippen LogP contribution in [0, 0.1) is 18.3 Å². The van der Waals surface area contributed by atoms with Crippen LogP contribution in [0.25, 0.3) is 0 Å². The van der Waals surface area contributed by atoms with Gasteiger partial charge in [-0.25, -0.2) is 0 Å². The molecule has 0 aromatic carbocycles. The number of carbonyl (C=O) groups is 1. The minimum Gasteiger partial charge on any atom is -0.339 e. The summed E-state index contributed by atoms with van der Waals surface area (Å²) in [6, 6.07) is -0.493. The molecular formula is C10H18N2O. The molecule has 0 aliphatic rings. The van der Waals surface area contributed by atoms with Crippen molar-refractivity contribution in [3.63, 3.8) is 0 Å². The molecule has 74 valence electrons. The number of carbonyl (C=O) groups excluding carboxylic acids is 1. The summed E-state index contributed by atoms with van der Waals surface area (Å²) < 4.78 is 0. The van der Waals surface area contributed by atoms with Gasteiger partial charge in [-0.3, -0.25) is 4.79 Å². The molecule has 1 amide bonds. The Balaban J connectivity index is 4.26. The van der Waals surface area contributed by atoms with E-state index < -0.39 is 11.6 Å². The van der Waals surface area contributed by atoms with Crippen molar-refractivity contribution >= 4 is 5.91 Å². The van der Waals surface area contributed by atoms with Crippen molar-refractivity contribution in [3.8, 4) is 12.3 Å². The van der Waals surface area contributed by atoms with Crippen LogP contribution in [0.4, 0.5) is 0 Å². The first-order valence-electron chi connectivity index (χ1n) is 4.35. The van der Waals surface area contributed by atoms with Crippen LogP contribution in [0.15, 0.2) is 0 Å². The average Bonchev–Trinajstić information content (AvgIpc) is 2.02. The zero-order chi connectivity index (χ0) is 10.6. The molecule has 0 heterocycles. The Bertz CT molecular complexity index is 226. The van der Waals surface area contributed by atoms with Crippen molar-refractivity contribution in [3.05, 3.63) is 0 Å². The van der Waals surface area contributed by atoms with Crippen LogP contribution in [0.5, 0.6) is 0 Å². The van der Waals surface area contributed by atoms with Gasteiger partial charge in [0.05, 0.1) is 11.6 Å². The van der Waals surface area contributed by atoms with E-state index in [1.54, 1.807) is 13.8 Å². The van der Waals surface area contributed by atoms with Crippen molar-refractivity contribution in [1.29, 1.82) is 0 Å². The van der Waals surface area contributed by atoms with Gasteiger partial charge in [0.15, 0.2) is 0 Å². The van der Waals surface area contributed by atoms with E-state index in [1.807, 2.05) is 13.8 Å². The highest BCUT2D eigenvalue weighted by atomic mass is 16.2. The fraction of sp³-hybridized carbons (Fsp3) is 0.700. The van der Waals surface area contributed by atoms with Gasteiger partial charge in [0.1, 0.15) is 0 Å². The lowest BCUT2D eigenvalue weighted by molar-refractivity contribution is -0.124. The van der Waals surface area contributed by atoms with E-state index in [9.17, 15) is 4.79 Å². The topological polar surface area (TPSA) is 55.1 Å².